The molecule has 4 nitrogen and oxygen atoms in total. The van der Waals surface area contributed by atoms with E-state index in [0.29, 0.717) is 13.1 Å². The quantitative estimate of drug-likeness (QED) is 0.509. The maximum absolute atomic E-state index is 12.3. The topological polar surface area (TPSA) is 44.0 Å². The Hall–Kier alpha value is -2.18. The Morgan fingerprint density at radius 3 is 1.50 bits per heavy atom. The maximum atomic E-state index is 12.3. The van der Waals surface area contributed by atoms with Gasteiger partial charge in [0.2, 0.25) is 0 Å². The third-order valence-electron chi connectivity index (χ3n) is 4.08. The van der Waals surface area contributed by atoms with Crippen molar-refractivity contribution in [1.29, 1.82) is 0 Å². The molecule has 0 fully saturated rings. The van der Waals surface area contributed by atoms with Crippen molar-refractivity contribution in [3.63, 3.8) is 0 Å². The number of rotatable bonds is 5. The Morgan fingerprint density at radius 2 is 1.08 bits per heavy atom. The molecule has 0 bridgehead atoms. The van der Waals surface area contributed by atoms with Gasteiger partial charge in [0.25, 0.3) is 11.1 Å². The Morgan fingerprint density at radius 1 is 0.667 bits per heavy atom. The third-order valence-corrected chi connectivity index (χ3v) is 6.32. The van der Waals surface area contributed by atoms with Gasteiger partial charge in [-0.15, -0.1) is 0 Å². The summed E-state index contributed by atoms with van der Waals surface area (Å²) >= 11 is 3.03. The molecule has 0 unspecified atom stereocenters. The van der Waals surface area contributed by atoms with Crippen LogP contribution in [0.15, 0.2) is 58.1 Å². The summed E-state index contributed by atoms with van der Waals surface area (Å²) in [6.07, 6.45) is 1.76. The van der Waals surface area contributed by atoms with Gasteiger partial charge in [0.15, 0.2) is 0 Å². The van der Waals surface area contributed by atoms with Crippen LogP contribution in [0.3, 0.4) is 0 Å². The highest BCUT2D eigenvalue weighted by Gasteiger charge is 2.08. The standard InChI is InChI=1S/C18H16N2O2S2/c21-17-13-7-1-3-9-15(13)23-19(17)11-5-6-12-20-18(22)14-8-2-4-10-16(14)24-20/h1-4,7-10H,5-6,11-12H2. The lowest BCUT2D eigenvalue weighted by Crippen LogP contribution is -2.15. The predicted octanol–water partition coefficient (Wildman–Crippen LogP) is 3.92. The molecule has 2 aromatic heterocycles. The van der Waals surface area contributed by atoms with E-state index in [9.17, 15) is 9.59 Å². The highest BCUT2D eigenvalue weighted by atomic mass is 32.1. The van der Waals surface area contributed by atoms with Crippen LogP contribution in [0.1, 0.15) is 12.8 Å². The van der Waals surface area contributed by atoms with Crippen LogP contribution in [0, 0.1) is 0 Å². The van der Waals surface area contributed by atoms with Gasteiger partial charge in [-0.3, -0.25) is 17.5 Å². The second-order valence-electron chi connectivity index (χ2n) is 5.70. The summed E-state index contributed by atoms with van der Waals surface area (Å²) in [6, 6.07) is 15.4. The number of aryl methyl sites for hydroxylation is 2. The summed E-state index contributed by atoms with van der Waals surface area (Å²) in [6.45, 7) is 1.41. The molecule has 122 valence electrons. The second-order valence-corrected chi connectivity index (χ2v) is 7.82. The van der Waals surface area contributed by atoms with Crippen molar-refractivity contribution in [3.8, 4) is 0 Å². The summed E-state index contributed by atoms with van der Waals surface area (Å²) in [5.41, 5.74) is 0.184. The molecule has 4 rings (SSSR count). The van der Waals surface area contributed by atoms with E-state index in [0.717, 1.165) is 33.0 Å². The number of fused-ring (bicyclic) bond motifs is 2. The van der Waals surface area contributed by atoms with Gasteiger partial charge in [0.1, 0.15) is 0 Å². The maximum Gasteiger partial charge on any atom is 0.268 e. The van der Waals surface area contributed by atoms with E-state index in [1.165, 1.54) is 23.1 Å². The van der Waals surface area contributed by atoms with Crippen molar-refractivity contribution in [2.75, 3.05) is 0 Å². The molecule has 0 radical (unpaired) electrons. The van der Waals surface area contributed by atoms with Crippen LogP contribution in [-0.4, -0.2) is 7.91 Å². The van der Waals surface area contributed by atoms with Crippen molar-refractivity contribution < 1.29 is 0 Å². The first-order valence-electron chi connectivity index (χ1n) is 7.92. The number of unbranched alkanes of at least 4 members (excludes halogenated alkanes) is 1. The van der Waals surface area contributed by atoms with Gasteiger partial charge in [-0.2, -0.15) is 0 Å². The lowest BCUT2D eigenvalue weighted by Gasteiger charge is -2.01. The summed E-state index contributed by atoms with van der Waals surface area (Å²) in [7, 11) is 0. The Balaban J connectivity index is 1.43. The van der Waals surface area contributed by atoms with Gasteiger partial charge in [-0.25, -0.2) is 0 Å². The number of aromatic nitrogens is 2. The monoisotopic (exact) mass is 356 g/mol. The average molecular weight is 356 g/mol. The molecule has 24 heavy (non-hydrogen) atoms. The minimum atomic E-state index is 0.0922. The molecule has 2 aromatic carbocycles. The van der Waals surface area contributed by atoms with Gasteiger partial charge in [0, 0.05) is 13.1 Å². The molecular formula is C18H16N2O2S2. The molecule has 4 aromatic rings. The van der Waals surface area contributed by atoms with Crippen molar-refractivity contribution in [3.05, 3.63) is 69.2 Å². The molecule has 6 heteroatoms. The van der Waals surface area contributed by atoms with Gasteiger partial charge >= 0.3 is 0 Å². The molecule has 0 atom stereocenters. The lowest BCUT2D eigenvalue weighted by atomic mass is 10.3. The van der Waals surface area contributed by atoms with Crippen molar-refractivity contribution in [1.82, 2.24) is 7.91 Å². The smallest absolute Gasteiger partial charge is 0.268 e. The zero-order valence-corrected chi connectivity index (χ0v) is 14.6. The van der Waals surface area contributed by atoms with Crippen molar-refractivity contribution in [2.45, 2.75) is 25.9 Å². The summed E-state index contributed by atoms with van der Waals surface area (Å²) in [5.74, 6) is 0. The van der Waals surface area contributed by atoms with Crippen LogP contribution in [0.25, 0.3) is 20.2 Å². The summed E-state index contributed by atoms with van der Waals surface area (Å²) in [4.78, 5) is 24.6. The molecule has 0 spiro atoms. The van der Waals surface area contributed by atoms with Crippen LogP contribution in [0.2, 0.25) is 0 Å². The number of hydrogen-bond acceptors (Lipinski definition) is 4. The van der Waals surface area contributed by atoms with Gasteiger partial charge in [-0.1, -0.05) is 47.3 Å². The fourth-order valence-corrected chi connectivity index (χ4v) is 4.90. The summed E-state index contributed by atoms with van der Waals surface area (Å²) < 4.78 is 5.70. The SMILES string of the molecule is O=c1c2ccccc2sn1CCCCn1sc2ccccc2c1=O. The van der Waals surface area contributed by atoms with Crippen LogP contribution in [0.4, 0.5) is 0 Å². The molecule has 2 heterocycles. The third kappa shape index (κ3) is 2.72. The summed E-state index contributed by atoms with van der Waals surface area (Å²) in [5, 5.41) is 1.59. The molecule has 0 saturated carbocycles. The fraction of sp³-hybridized carbons (Fsp3) is 0.222. The van der Waals surface area contributed by atoms with E-state index >= 15 is 0 Å². The number of nitrogens with zero attached hydrogens (tertiary/aromatic N) is 2. The Labute approximate surface area is 146 Å². The highest BCUT2D eigenvalue weighted by Crippen LogP contribution is 2.18. The number of hydrogen-bond donors (Lipinski definition) is 0. The van der Waals surface area contributed by atoms with E-state index in [-0.39, 0.29) is 11.1 Å². The minimum absolute atomic E-state index is 0.0922. The average Bonchev–Trinajstić information content (AvgIpc) is 3.10. The van der Waals surface area contributed by atoms with Crippen molar-refractivity contribution in [2.24, 2.45) is 0 Å². The first-order valence-corrected chi connectivity index (χ1v) is 9.46. The van der Waals surface area contributed by atoms with Crippen LogP contribution in [0.5, 0.6) is 0 Å². The Bertz CT molecular complexity index is 1030. The molecule has 0 N–H and O–H groups in total. The van der Waals surface area contributed by atoms with E-state index < -0.39 is 0 Å². The molecule has 0 aliphatic rings. The normalized spacial score (nSPS) is 11.5. The largest absolute Gasteiger partial charge is 0.268 e. The van der Waals surface area contributed by atoms with E-state index in [1.54, 1.807) is 0 Å². The number of benzene rings is 2. The van der Waals surface area contributed by atoms with Crippen LogP contribution in [-0.2, 0) is 13.1 Å². The fourth-order valence-electron chi connectivity index (χ4n) is 2.84. The highest BCUT2D eigenvalue weighted by molar-refractivity contribution is 7.14. The van der Waals surface area contributed by atoms with Gasteiger partial charge < -0.3 is 0 Å². The van der Waals surface area contributed by atoms with Crippen LogP contribution < -0.4 is 11.1 Å². The molecule has 0 saturated heterocycles. The predicted molar refractivity (Wildman–Crippen MR) is 101 cm³/mol. The van der Waals surface area contributed by atoms with Gasteiger partial charge in [-0.05, 0) is 37.1 Å². The van der Waals surface area contributed by atoms with E-state index in [2.05, 4.69) is 0 Å². The lowest BCUT2D eigenvalue weighted by molar-refractivity contribution is 0.579. The van der Waals surface area contributed by atoms with E-state index in [1.807, 2.05) is 56.4 Å². The minimum Gasteiger partial charge on any atom is -0.268 e. The van der Waals surface area contributed by atoms with Crippen LogP contribution >= 0.6 is 23.1 Å². The zero-order chi connectivity index (χ0) is 16.5. The molecule has 0 amide bonds. The molecule has 0 aliphatic heterocycles. The second kappa shape index (κ2) is 6.37. The first kappa shape index (κ1) is 15.4. The van der Waals surface area contributed by atoms with Gasteiger partial charge in [0.05, 0.1) is 20.2 Å². The van der Waals surface area contributed by atoms with Crippen molar-refractivity contribution >= 4 is 43.2 Å². The van der Waals surface area contributed by atoms with E-state index in [4.69, 9.17) is 0 Å². The molecular weight excluding hydrogens is 340 g/mol. The Kier molecular flexibility index (Phi) is 4.08. The molecule has 0 aliphatic carbocycles. The zero-order valence-electron chi connectivity index (χ0n) is 13.0. The first-order chi connectivity index (χ1) is 11.7.